The quantitative estimate of drug-likeness (QED) is 0.604. The van der Waals surface area contributed by atoms with E-state index in [0.29, 0.717) is 24.5 Å². The third-order valence-electron chi connectivity index (χ3n) is 4.55. The van der Waals surface area contributed by atoms with E-state index in [1.807, 2.05) is 30.1 Å². The molecule has 6 nitrogen and oxygen atoms in total. The van der Waals surface area contributed by atoms with Gasteiger partial charge in [0.25, 0.3) is 0 Å². The Kier molecular flexibility index (Phi) is 6.38. The summed E-state index contributed by atoms with van der Waals surface area (Å²) in [6.07, 6.45) is -3.20. The van der Waals surface area contributed by atoms with E-state index in [9.17, 15) is 13.2 Å². The van der Waals surface area contributed by atoms with Crippen molar-refractivity contribution in [3.8, 4) is 0 Å². The molecule has 0 aliphatic carbocycles. The van der Waals surface area contributed by atoms with E-state index in [0.717, 1.165) is 19.2 Å². The zero-order chi connectivity index (χ0) is 20.9. The number of nitrogens with two attached hydrogens (primary N) is 1. The highest BCUT2D eigenvalue weighted by Crippen LogP contribution is 2.34. The minimum absolute atomic E-state index is 0.0478. The summed E-state index contributed by atoms with van der Waals surface area (Å²) >= 11 is 0. The van der Waals surface area contributed by atoms with Crippen LogP contribution < -0.4 is 16.0 Å². The third kappa shape index (κ3) is 5.95. The number of nitrogens with zero attached hydrogens (tertiary/aromatic N) is 4. The van der Waals surface area contributed by atoms with Crippen molar-refractivity contribution in [1.82, 2.24) is 4.90 Å². The molecule has 29 heavy (non-hydrogen) atoms. The molecular weight excluding hydrogens is 381 g/mol. The number of alkyl halides is 3. The number of likely N-dealkylation sites (N-methyl/N-ethyl adjacent to an activating group) is 1. The zero-order valence-electron chi connectivity index (χ0n) is 16.0. The second-order valence-corrected chi connectivity index (χ2v) is 6.78. The number of guanidine groups is 1. The molecule has 1 aliphatic rings. The summed E-state index contributed by atoms with van der Waals surface area (Å²) in [5, 5.41) is 2.73. The molecule has 9 heteroatoms. The van der Waals surface area contributed by atoms with Gasteiger partial charge in [-0.2, -0.15) is 13.2 Å². The van der Waals surface area contributed by atoms with Crippen molar-refractivity contribution in [3.63, 3.8) is 0 Å². The summed E-state index contributed by atoms with van der Waals surface area (Å²) in [6.45, 7) is 2.90. The van der Waals surface area contributed by atoms with Gasteiger partial charge in [-0.1, -0.05) is 18.2 Å². The van der Waals surface area contributed by atoms with Gasteiger partial charge in [0.1, 0.15) is 6.34 Å². The number of hydrogen-bond donors (Lipinski definition) is 2. The molecule has 1 saturated heterocycles. The van der Waals surface area contributed by atoms with E-state index < -0.39 is 11.7 Å². The van der Waals surface area contributed by atoms with Crippen LogP contribution in [-0.4, -0.2) is 50.4 Å². The maximum Gasteiger partial charge on any atom is 0.416 e. The topological polar surface area (TPSA) is 69.2 Å². The summed E-state index contributed by atoms with van der Waals surface area (Å²) in [5.41, 5.74) is 6.51. The Hall–Kier alpha value is -3.07. The smallest absolute Gasteiger partial charge is 0.369 e. The largest absolute Gasteiger partial charge is 0.416 e. The maximum atomic E-state index is 13.4. The first kappa shape index (κ1) is 20.7. The normalized spacial score (nSPS) is 16.4. The Morgan fingerprint density at radius 3 is 2.41 bits per heavy atom. The minimum atomic E-state index is -4.46. The fourth-order valence-corrected chi connectivity index (χ4v) is 2.95. The second-order valence-electron chi connectivity index (χ2n) is 6.78. The average Bonchev–Trinajstić information content (AvgIpc) is 2.68. The lowest BCUT2D eigenvalue weighted by atomic mass is 10.1. The van der Waals surface area contributed by atoms with Crippen molar-refractivity contribution in [1.29, 1.82) is 0 Å². The molecule has 0 saturated carbocycles. The van der Waals surface area contributed by atoms with Crippen LogP contribution in [0, 0.1) is 0 Å². The van der Waals surface area contributed by atoms with Crippen LogP contribution in [0.4, 0.5) is 30.2 Å². The molecule has 0 bridgehead atoms. The Morgan fingerprint density at radius 2 is 1.76 bits per heavy atom. The van der Waals surface area contributed by atoms with Crippen LogP contribution in [0.15, 0.2) is 58.5 Å². The Morgan fingerprint density at radius 1 is 1.07 bits per heavy atom. The predicted octanol–water partition coefficient (Wildman–Crippen LogP) is 3.54. The number of piperazine rings is 1. The molecule has 0 unspecified atom stereocenters. The molecular formula is C20H23F3N6. The van der Waals surface area contributed by atoms with Crippen LogP contribution in [0.5, 0.6) is 0 Å². The minimum Gasteiger partial charge on any atom is -0.369 e. The molecule has 0 radical (unpaired) electrons. The van der Waals surface area contributed by atoms with Gasteiger partial charge >= 0.3 is 6.18 Å². The standard InChI is InChI=1S/C20H23F3N6/c1-28-7-9-29(10-8-28)18-12-15(20(21,22)23)11-17(13-18)27-19(24)26-14-25-16-5-3-2-4-6-16/h2-6,11-14H,7-10H2,1H3,(H3,24,25,26,27). The number of para-hydroxylation sites is 1. The molecule has 154 valence electrons. The summed E-state index contributed by atoms with van der Waals surface area (Å²) < 4.78 is 40.1. The third-order valence-corrected chi connectivity index (χ3v) is 4.55. The second kappa shape index (κ2) is 8.95. The molecule has 0 amide bonds. The highest BCUT2D eigenvalue weighted by Gasteiger charge is 2.32. The summed E-state index contributed by atoms with van der Waals surface area (Å²) in [7, 11) is 1.99. The Bertz CT molecular complexity index is 872. The summed E-state index contributed by atoms with van der Waals surface area (Å²) in [6, 6.07) is 13.0. The van der Waals surface area contributed by atoms with Crippen LogP contribution in [0.3, 0.4) is 0 Å². The van der Waals surface area contributed by atoms with Crippen molar-refractivity contribution in [2.75, 3.05) is 43.4 Å². The van der Waals surface area contributed by atoms with Crippen LogP contribution in [-0.2, 0) is 6.18 Å². The molecule has 2 aromatic carbocycles. The van der Waals surface area contributed by atoms with Gasteiger partial charge in [0.05, 0.1) is 11.3 Å². The molecule has 2 aromatic rings. The average molecular weight is 404 g/mol. The van der Waals surface area contributed by atoms with Gasteiger partial charge in [0.15, 0.2) is 5.96 Å². The summed E-state index contributed by atoms with van der Waals surface area (Å²) in [4.78, 5) is 12.1. The van der Waals surface area contributed by atoms with E-state index in [1.54, 1.807) is 18.2 Å². The fraction of sp³-hybridized carbons (Fsp3) is 0.300. The monoisotopic (exact) mass is 404 g/mol. The molecule has 0 spiro atoms. The molecule has 0 atom stereocenters. The molecule has 3 N–H and O–H groups in total. The highest BCUT2D eigenvalue weighted by atomic mass is 19.4. The fourth-order valence-electron chi connectivity index (χ4n) is 2.95. The van der Waals surface area contributed by atoms with Gasteiger partial charge in [0, 0.05) is 37.6 Å². The highest BCUT2D eigenvalue weighted by molar-refractivity contribution is 5.97. The first-order valence-electron chi connectivity index (χ1n) is 9.15. The van der Waals surface area contributed by atoms with E-state index in [1.165, 1.54) is 12.4 Å². The predicted molar refractivity (Wildman–Crippen MR) is 111 cm³/mol. The van der Waals surface area contributed by atoms with Gasteiger partial charge < -0.3 is 20.9 Å². The van der Waals surface area contributed by atoms with Crippen LogP contribution in [0.1, 0.15) is 5.56 Å². The lowest BCUT2D eigenvalue weighted by Gasteiger charge is -2.34. The molecule has 1 heterocycles. The summed E-state index contributed by atoms with van der Waals surface area (Å²) in [5.74, 6) is -0.0478. The number of benzene rings is 2. The van der Waals surface area contributed by atoms with Gasteiger partial charge in [0.2, 0.25) is 0 Å². The molecule has 1 fully saturated rings. The van der Waals surface area contributed by atoms with Crippen LogP contribution >= 0.6 is 0 Å². The molecule has 1 aliphatic heterocycles. The van der Waals surface area contributed by atoms with E-state index in [4.69, 9.17) is 5.73 Å². The van der Waals surface area contributed by atoms with Gasteiger partial charge in [-0.05, 0) is 37.4 Å². The lowest BCUT2D eigenvalue weighted by molar-refractivity contribution is -0.137. The Balaban J connectivity index is 1.79. The molecule has 0 aromatic heterocycles. The van der Waals surface area contributed by atoms with Crippen molar-refractivity contribution in [2.24, 2.45) is 15.7 Å². The van der Waals surface area contributed by atoms with Crippen molar-refractivity contribution < 1.29 is 13.2 Å². The first-order valence-corrected chi connectivity index (χ1v) is 9.15. The number of halogens is 3. The van der Waals surface area contributed by atoms with Gasteiger partial charge in [-0.15, -0.1) is 0 Å². The Labute approximate surface area is 167 Å². The van der Waals surface area contributed by atoms with Crippen LogP contribution in [0.2, 0.25) is 0 Å². The lowest BCUT2D eigenvalue weighted by Crippen LogP contribution is -2.44. The maximum absolute atomic E-state index is 13.4. The molecule has 3 rings (SSSR count). The number of rotatable bonds is 4. The van der Waals surface area contributed by atoms with Crippen molar-refractivity contribution in [3.05, 3.63) is 54.1 Å². The zero-order valence-corrected chi connectivity index (χ0v) is 16.0. The van der Waals surface area contributed by atoms with E-state index in [2.05, 4.69) is 20.2 Å². The van der Waals surface area contributed by atoms with Crippen molar-refractivity contribution in [2.45, 2.75) is 6.18 Å². The first-order chi connectivity index (χ1) is 13.8. The number of anilines is 2. The van der Waals surface area contributed by atoms with Crippen LogP contribution in [0.25, 0.3) is 0 Å². The number of aliphatic imine (C=N–C) groups is 2. The van der Waals surface area contributed by atoms with E-state index >= 15 is 0 Å². The SMILES string of the molecule is CN1CCN(c2cc(NC(N)=NC=Nc3ccccc3)cc(C(F)(F)F)c2)CC1. The van der Waals surface area contributed by atoms with Gasteiger partial charge in [-0.25, -0.2) is 9.98 Å². The van der Waals surface area contributed by atoms with Gasteiger partial charge in [-0.3, -0.25) is 0 Å². The number of nitrogens with one attached hydrogen (secondary N) is 1. The number of hydrogen-bond acceptors (Lipinski definition) is 3. The van der Waals surface area contributed by atoms with Crippen molar-refractivity contribution >= 4 is 29.4 Å². The van der Waals surface area contributed by atoms with E-state index in [-0.39, 0.29) is 11.6 Å².